The number of carbonyl (C=O) groups is 1. The van der Waals surface area contributed by atoms with Gasteiger partial charge in [0.25, 0.3) is 0 Å². The normalized spacial score (nSPS) is 13.1. The maximum atomic E-state index is 10.6. The predicted molar refractivity (Wildman–Crippen MR) is 37.4 cm³/mol. The van der Waals surface area contributed by atoms with Crippen LogP contribution in [0.3, 0.4) is 0 Å². The molecule has 0 rings (SSSR count). The summed E-state index contributed by atoms with van der Waals surface area (Å²) in [6.45, 7) is 3.68. The zero-order valence-corrected chi connectivity index (χ0v) is 7.30. The van der Waals surface area contributed by atoms with E-state index in [0.29, 0.717) is 0 Å². The number of Topliss-reactive ketones (excluding diaryl/α,β-unsaturated/α-hetero) is 1. The minimum atomic E-state index is -4.55. The number of ketones is 1. The molecule has 0 fully saturated rings. The molecule has 0 aliphatic heterocycles. The number of hydrogen-bond donors (Lipinski definition) is 1. The molecule has 0 aromatic heterocycles. The standard InChI is InChI=1S/C5H10O5S/c1-4(6)5(2,3)10-11(7,8)9/h1-3H3,(H,7,8,9). The van der Waals surface area contributed by atoms with Gasteiger partial charge in [-0.1, -0.05) is 0 Å². The molecule has 0 saturated heterocycles. The summed E-state index contributed by atoms with van der Waals surface area (Å²) in [7, 11) is -4.55. The van der Waals surface area contributed by atoms with Crippen molar-refractivity contribution in [3.05, 3.63) is 0 Å². The molecule has 0 aliphatic rings. The van der Waals surface area contributed by atoms with Gasteiger partial charge in [0, 0.05) is 0 Å². The molecule has 0 radical (unpaired) electrons. The second-order valence-corrected chi connectivity index (χ2v) is 3.60. The van der Waals surface area contributed by atoms with Crippen molar-refractivity contribution in [2.75, 3.05) is 0 Å². The molecule has 0 aliphatic carbocycles. The molecule has 0 unspecified atom stereocenters. The van der Waals surface area contributed by atoms with E-state index in [-0.39, 0.29) is 0 Å². The van der Waals surface area contributed by atoms with Gasteiger partial charge in [-0.25, -0.2) is 4.18 Å². The third-order valence-electron chi connectivity index (χ3n) is 1.16. The summed E-state index contributed by atoms with van der Waals surface area (Å²) in [6, 6.07) is 0. The number of carbonyl (C=O) groups excluding carboxylic acids is 1. The fourth-order valence-electron chi connectivity index (χ4n) is 0.322. The van der Waals surface area contributed by atoms with Crippen molar-refractivity contribution in [1.82, 2.24) is 0 Å². The molecule has 0 saturated carbocycles. The van der Waals surface area contributed by atoms with Crippen molar-refractivity contribution >= 4 is 16.2 Å². The van der Waals surface area contributed by atoms with E-state index in [0.717, 1.165) is 0 Å². The summed E-state index contributed by atoms with van der Waals surface area (Å²) in [5.74, 6) is -0.477. The van der Waals surface area contributed by atoms with Crippen molar-refractivity contribution in [1.29, 1.82) is 0 Å². The first-order chi connectivity index (χ1) is 4.65. The third-order valence-corrected chi connectivity index (χ3v) is 1.79. The van der Waals surface area contributed by atoms with Gasteiger partial charge in [-0.2, -0.15) is 8.42 Å². The number of rotatable bonds is 3. The van der Waals surface area contributed by atoms with Crippen LogP contribution in [0.4, 0.5) is 0 Å². The molecule has 0 aromatic carbocycles. The van der Waals surface area contributed by atoms with Crippen LogP contribution in [0.25, 0.3) is 0 Å². The summed E-state index contributed by atoms with van der Waals surface area (Å²) in [6.07, 6.45) is 0. The van der Waals surface area contributed by atoms with Crippen LogP contribution in [0, 0.1) is 0 Å². The van der Waals surface area contributed by atoms with E-state index in [1.54, 1.807) is 0 Å². The highest BCUT2D eigenvalue weighted by Crippen LogP contribution is 2.12. The molecule has 0 bridgehead atoms. The molecule has 6 heteroatoms. The topological polar surface area (TPSA) is 80.7 Å². The summed E-state index contributed by atoms with van der Waals surface area (Å²) in [5, 5.41) is 0. The molecule has 0 amide bonds. The first-order valence-electron chi connectivity index (χ1n) is 2.84. The molecular formula is C5H10O5S. The van der Waals surface area contributed by atoms with Gasteiger partial charge in [-0.3, -0.25) is 9.35 Å². The highest BCUT2D eigenvalue weighted by Gasteiger charge is 2.30. The van der Waals surface area contributed by atoms with E-state index < -0.39 is 21.8 Å². The van der Waals surface area contributed by atoms with Gasteiger partial charge in [0.05, 0.1) is 0 Å². The Hall–Kier alpha value is -0.460. The van der Waals surface area contributed by atoms with E-state index >= 15 is 0 Å². The molecule has 11 heavy (non-hydrogen) atoms. The molecule has 0 aromatic rings. The van der Waals surface area contributed by atoms with Crippen LogP contribution in [-0.2, 0) is 19.4 Å². The lowest BCUT2D eigenvalue weighted by Gasteiger charge is -2.18. The molecule has 1 N–H and O–H groups in total. The highest BCUT2D eigenvalue weighted by molar-refractivity contribution is 7.81. The predicted octanol–water partition coefficient (Wildman–Crippen LogP) is 0.173. The van der Waals surface area contributed by atoms with Gasteiger partial charge < -0.3 is 0 Å². The Balaban J connectivity index is 4.51. The largest absolute Gasteiger partial charge is 0.398 e. The fraction of sp³-hybridized carbons (Fsp3) is 0.800. The van der Waals surface area contributed by atoms with Crippen molar-refractivity contribution in [2.24, 2.45) is 0 Å². The molecular weight excluding hydrogens is 172 g/mol. The van der Waals surface area contributed by atoms with E-state index in [1.807, 2.05) is 0 Å². The molecule has 0 heterocycles. The Bertz CT molecular complexity index is 250. The minimum Gasteiger partial charge on any atom is -0.297 e. The van der Waals surface area contributed by atoms with E-state index in [1.165, 1.54) is 20.8 Å². The lowest BCUT2D eigenvalue weighted by molar-refractivity contribution is -0.129. The van der Waals surface area contributed by atoms with E-state index in [9.17, 15) is 13.2 Å². The second kappa shape index (κ2) is 2.88. The summed E-state index contributed by atoms with van der Waals surface area (Å²) >= 11 is 0. The first-order valence-corrected chi connectivity index (χ1v) is 4.21. The molecule has 0 spiro atoms. The maximum absolute atomic E-state index is 10.6. The van der Waals surface area contributed by atoms with Crippen LogP contribution in [0.1, 0.15) is 20.8 Å². The Morgan fingerprint density at radius 1 is 1.45 bits per heavy atom. The lowest BCUT2D eigenvalue weighted by atomic mass is 10.1. The van der Waals surface area contributed by atoms with Gasteiger partial charge in [0.15, 0.2) is 5.78 Å². The highest BCUT2D eigenvalue weighted by atomic mass is 32.3. The molecule has 5 nitrogen and oxygen atoms in total. The van der Waals surface area contributed by atoms with Crippen LogP contribution in [0.5, 0.6) is 0 Å². The van der Waals surface area contributed by atoms with Gasteiger partial charge >= 0.3 is 10.4 Å². The zero-order valence-electron chi connectivity index (χ0n) is 6.49. The first kappa shape index (κ1) is 10.5. The Labute approximate surface area is 65.3 Å². The average molecular weight is 182 g/mol. The average Bonchev–Trinajstić information content (AvgIpc) is 1.56. The Morgan fingerprint density at radius 2 is 1.82 bits per heavy atom. The van der Waals surface area contributed by atoms with Crippen LogP contribution in [0.15, 0.2) is 0 Å². The summed E-state index contributed by atoms with van der Waals surface area (Å²) in [4.78, 5) is 10.6. The van der Waals surface area contributed by atoms with Crippen LogP contribution >= 0.6 is 0 Å². The van der Waals surface area contributed by atoms with Gasteiger partial charge in [-0.15, -0.1) is 0 Å². The van der Waals surface area contributed by atoms with Crippen LogP contribution in [-0.4, -0.2) is 24.4 Å². The monoisotopic (exact) mass is 182 g/mol. The smallest absolute Gasteiger partial charge is 0.297 e. The molecule has 0 atom stereocenters. The Kier molecular flexibility index (Phi) is 2.76. The Morgan fingerprint density at radius 3 is 1.91 bits per heavy atom. The van der Waals surface area contributed by atoms with Crippen molar-refractivity contribution in [2.45, 2.75) is 26.4 Å². The molecule has 66 valence electrons. The summed E-state index contributed by atoms with van der Waals surface area (Å²) in [5.41, 5.74) is -1.49. The lowest BCUT2D eigenvalue weighted by Crippen LogP contribution is -2.35. The van der Waals surface area contributed by atoms with Crippen LogP contribution < -0.4 is 0 Å². The van der Waals surface area contributed by atoms with Crippen molar-refractivity contribution < 1.29 is 21.9 Å². The van der Waals surface area contributed by atoms with Crippen molar-refractivity contribution in [3.8, 4) is 0 Å². The quantitative estimate of drug-likeness (QED) is 0.629. The van der Waals surface area contributed by atoms with E-state index in [4.69, 9.17) is 4.55 Å². The fourth-order valence-corrected chi connectivity index (χ4v) is 0.966. The minimum absolute atomic E-state index is 0.477. The van der Waals surface area contributed by atoms with Gasteiger partial charge in [-0.05, 0) is 20.8 Å². The van der Waals surface area contributed by atoms with Gasteiger partial charge in [0.1, 0.15) is 5.60 Å². The van der Waals surface area contributed by atoms with E-state index in [2.05, 4.69) is 4.18 Å². The summed E-state index contributed by atoms with van der Waals surface area (Å²) < 4.78 is 32.5. The second-order valence-electron chi connectivity index (χ2n) is 2.58. The SMILES string of the molecule is CC(=O)C(C)(C)OS(=O)(=O)O. The van der Waals surface area contributed by atoms with Crippen LogP contribution in [0.2, 0.25) is 0 Å². The third kappa shape index (κ3) is 4.07. The zero-order chi connectivity index (χ0) is 9.28. The maximum Gasteiger partial charge on any atom is 0.398 e. The van der Waals surface area contributed by atoms with Gasteiger partial charge in [0.2, 0.25) is 0 Å². The van der Waals surface area contributed by atoms with Crippen molar-refractivity contribution in [3.63, 3.8) is 0 Å². The number of hydrogen-bond acceptors (Lipinski definition) is 4.